The molecule has 0 aromatic heterocycles. The third-order valence-corrected chi connectivity index (χ3v) is 4.41. The fourth-order valence-corrected chi connectivity index (χ4v) is 4.23. The van der Waals surface area contributed by atoms with E-state index in [4.69, 9.17) is 9.84 Å². The van der Waals surface area contributed by atoms with E-state index in [9.17, 15) is 0 Å². The first-order chi connectivity index (χ1) is 6.36. The average Bonchev–Trinajstić information content (AvgIpc) is 2.10. The predicted molar refractivity (Wildman–Crippen MR) is 49.0 cm³/mol. The van der Waals surface area contributed by atoms with Gasteiger partial charge < -0.3 is 9.84 Å². The first kappa shape index (κ1) is 8.25. The molecular weight excluding hydrogens is 164 g/mol. The normalized spacial score (nSPS) is 52.8. The Bertz CT molecular complexity index is 174. The molecule has 74 valence electrons. The summed E-state index contributed by atoms with van der Waals surface area (Å²) < 4.78 is 5.47. The SMILES string of the molecule is OCOC1C2CC3CC(C2)CC1C3. The van der Waals surface area contributed by atoms with Gasteiger partial charge in [-0.1, -0.05) is 0 Å². The number of rotatable bonds is 2. The van der Waals surface area contributed by atoms with Gasteiger partial charge in [0.15, 0.2) is 0 Å². The van der Waals surface area contributed by atoms with E-state index in [1.807, 2.05) is 0 Å². The van der Waals surface area contributed by atoms with Crippen LogP contribution in [0.25, 0.3) is 0 Å². The Morgan fingerprint density at radius 3 is 1.92 bits per heavy atom. The van der Waals surface area contributed by atoms with E-state index >= 15 is 0 Å². The third kappa shape index (κ3) is 1.23. The van der Waals surface area contributed by atoms with Gasteiger partial charge in [0.1, 0.15) is 6.79 Å². The summed E-state index contributed by atoms with van der Waals surface area (Å²) >= 11 is 0. The fourth-order valence-electron chi connectivity index (χ4n) is 4.23. The molecule has 0 spiro atoms. The van der Waals surface area contributed by atoms with Crippen molar-refractivity contribution in [3.63, 3.8) is 0 Å². The van der Waals surface area contributed by atoms with Crippen molar-refractivity contribution in [2.24, 2.45) is 23.7 Å². The second-order valence-electron chi connectivity index (χ2n) is 5.19. The number of aliphatic hydroxyl groups excluding tert-OH is 1. The lowest BCUT2D eigenvalue weighted by Gasteiger charge is -2.53. The van der Waals surface area contributed by atoms with Crippen LogP contribution >= 0.6 is 0 Å². The maximum absolute atomic E-state index is 8.83. The molecule has 4 bridgehead atoms. The molecule has 2 nitrogen and oxygen atoms in total. The summed E-state index contributed by atoms with van der Waals surface area (Å²) in [5.41, 5.74) is 0. The van der Waals surface area contributed by atoms with Gasteiger partial charge in [-0.3, -0.25) is 0 Å². The number of aliphatic hydroxyl groups is 1. The Balaban J connectivity index is 1.77. The van der Waals surface area contributed by atoms with E-state index in [0.29, 0.717) is 6.10 Å². The molecule has 0 aromatic carbocycles. The van der Waals surface area contributed by atoms with Crippen molar-refractivity contribution in [2.45, 2.75) is 38.2 Å². The first-order valence-corrected chi connectivity index (χ1v) is 5.59. The summed E-state index contributed by atoms with van der Waals surface area (Å²) in [6, 6.07) is 0. The van der Waals surface area contributed by atoms with Crippen LogP contribution in [0, 0.1) is 23.7 Å². The van der Waals surface area contributed by atoms with Crippen LogP contribution in [0.2, 0.25) is 0 Å². The predicted octanol–water partition coefficient (Wildman–Crippen LogP) is 1.78. The van der Waals surface area contributed by atoms with Gasteiger partial charge in [0.05, 0.1) is 6.10 Å². The van der Waals surface area contributed by atoms with E-state index in [1.54, 1.807) is 0 Å². The standard InChI is InChI=1S/C11H18O2/c12-6-13-11-9-2-7-1-8(4-9)5-10(11)3-7/h7-12H,1-6H2. The molecule has 0 atom stereocenters. The minimum absolute atomic E-state index is 0.0764. The van der Waals surface area contributed by atoms with Crippen molar-refractivity contribution in [2.75, 3.05) is 6.79 Å². The van der Waals surface area contributed by atoms with Crippen LogP contribution < -0.4 is 0 Å². The monoisotopic (exact) mass is 182 g/mol. The zero-order valence-corrected chi connectivity index (χ0v) is 7.98. The molecule has 0 heterocycles. The number of hydrogen-bond acceptors (Lipinski definition) is 2. The smallest absolute Gasteiger partial charge is 0.143 e. The van der Waals surface area contributed by atoms with Gasteiger partial charge in [-0.25, -0.2) is 0 Å². The van der Waals surface area contributed by atoms with Crippen LogP contribution in [0.5, 0.6) is 0 Å². The van der Waals surface area contributed by atoms with Gasteiger partial charge in [0.25, 0.3) is 0 Å². The van der Waals surface area contributed by atoms with Gasteiger partial charge >= 0.3 is 0 Å². The van der Waals surface area contributed by atoms with E-state index in [0.717, 1.165) is 23.7 Å². The number of hydrogen-bond donors (Lipinski definition) is 1. The Labute approximate surface area is 79.3 Å². The molecule has 0 amide bonds. The van der Waals surface area contributed by atoms with Crippen LogP contribution in [0.1, 0.15) is 32.1 Å². The molecule has 4 fully saturated rings. The van der Waals surface area contributed by atoms with Gasteiger partial charge in [0, 0.05) is 0 Å². The second kappa shape index (κ2) is 2.96. The summed E-state index contributed by atoms with van der Waals surface area (Å²) in [7, 11) is 0. The lowest BCUT2D eigenvalue weighted by molar-refractivity contribution is -0.161. The van der Waals surface area contributed by atoms with E-state index in [-0.39, 0.29) is 6.79 Å². The number of ether oxygens (including phenoxy) is 1. The third-order valence-electron chi connectivity index (χ3n) is 4.41. The van der Waals surface area contributed by atoms with Crippen LogP contribution in [-0.2, 0) is 4.74 Å². The van der Waals surface area contributed by atoms with Gasteiger partial charge in [-0.15, -0.1) is 0 Å². The molecule has 0 saturated heterocycles. The average molecular weight is 182 g/mol. The van der Waals surface area contributed by atoms with E-state index < -0.39 is 0 Å². The Hall–Kier alpha value is -0.0800. The zero-order valence-electron chi connectivity index (χ0n) is 7.98. The lowest BCUT2D eigenvalue weighted by Crippen LogP contribution is -2.49. The van der Waals surface area contributed by atoms with Crippen molar-refractivity contribution >= 4 is 0 Å². The minimum atomic E-state index is -0.0764. The first-order valence-electron chi connectivity index (χ1n) is 5.59. The lowest BCUT2D eigenvalue weighted by atomic mass is 9.55. The Morgan fingerprint density at radius 1 is 0.923 bits per heavy atom. The largest absolute Gasteiger partial charge is 0.371 e. The van der Waals surface area contributed by atoms with E-state index in [2.05, 4.69) is 0 Å². The van der Waals surface area contributed by atoms with Crippen molar-refractivity contribution < 1.29 is 9.84 Å². The maximum Gasteiger partial charge on any atom is 0.143 e. The summed E-state index contributed by atoms with van der Waals surface area (Å²) in [4.78, 5) is 0. The molecule has 4 saturated carbocycles. The zero-order chi connectivity index (χ0) is 8.84. The minimum Gasteiger partial charge on any atom is -0.371 e. The Kier molecular flexibility index (Phi) is 1.88. The second-order valence-corrected chi connectivity index (χ2v) is 5.19. The van der Waals surface area contributed by atoms with Gasteiger partial charge in [-0.05, 0) is 55.8 Å². The summed E-state index contributed by atoms with van der Waals surface area (Å²) in [5, 5.41) is 8.83. The highest BCUT2D eigenvalue weighted by molar-refractivity contribution is 4.98. The van der Waals surface area contributed by atoms with Crippen molar-refractivity contribution in [3.8, 4) is 0 Å². The van der Waals surface area contributed by atoms with Gasteiger partial charge in [0.2, 0.25) is 0 Å². The van der Waals surface area contributed by atoms with Crippen LogP contribution in [0.3, 0.4) is 0 Å². The van der Waals surface area contributed by atoms with Crippen molar-refractivity contribution in [1.82, 2.24) is 0 Å². The molecule has 4 aliphatic rings. The van der Waals surface area contributed by atoms with Crippen molar-refractivity contribution in [1.29, 1.82) is 0 Å². The summed E-state index contributed by atoms with van der Waals surface area (Å²) in [5.74, 6) is 3.56. The van der Waals surface area contributed by atoms with Crippen LogP contribution in [-0.4, -0.2) is 18.0 Å². The molecule has 13 heavy (non-hydrogen) atoms. The topological polar surface area (TPSA) is 29.5 Å². The molecule has 0 aromatic rings. The molecule has 1 N–H and O–H groups in total. The van der Waals surface area contributed by atoms with Gasteiger partial charge in [-0.2, -0.15) is 0 Å². The molecule has 0 aliphatic heterocycles. The Morgan fingerprint density at radius 2 is 1.46 bits per heavy atom. The quantitative estimate of drug-likeness (QED) is 0.660. The highest BCUT2D eigenvalue weighted by Gasteiger charge is 2.48. The highest BCUT2D eigenvalue weighted by Crippen LogP contribution is 2.54. The van der Waals surface area contributed by atoms with Crippen molar-refractivity contribution in [3.05, 3.63) is 0 Å². The summed E-state index contributed by atoms with van der Waals surface area (Å²) in [6.45, 7) is -0.0764. The van der Waals surface area contributed by atoms with Crippen LogP contribution in [0.4, 0.5) is 0 Å². The van der Waals surface area contributed by atoms with E-state index in [1.165, 1.54) is 32.1 Å². The molecular formula is C11H18O2. The molecule has 4 aliphatic carbocycles. The summed E-state index contributed by atoms with van der Waals surface area (Å²) in [6.07, 6.45) is 7.38. The molecule has 0 radical (unpaired) electrons. The van der Waals surface area contributed by atoms with Crippen LogP contribution in [0.15, 0.2) is 0 Å². The fraction of sp³-hybridized carbons (Fsp3) is 1.00. The highest BCUT2D eigenvalue weighted by atomic mass is 16.6. The maximum atomic E-state index is 8.83. The molecule has 2 heteroatoms. The molecule has 4 rings (SSSR count). The molecule has 0 unspecified atom stereocenters.